The maximum atomic E-state index is 11.0. The summed E-state index contributed by atoms with van der Waals surface area (Å²) in [6.07, 6.45) is 5.05. The Labute approximate surface area is 92.3 Å². The molecule has 1 saturated carbocycles. The molecule has 0 aliphatic heterocycles. The Balaban J connectivity index is 2.42. The van der Waals surface area contributed by atoms with E-state index < -0.39 is 5.97 Å². The molecule has 1 aliphatic rings. The van der Waals surface area contributed by atoms with Gasteiger partial charge in [0.1, 0.15) is 6.04 Å². The molecule has 1 aliphatic carbocycles. The summed E-state index contributed by atoms with van der Waals surface area (Å²) in [7, 11) is 0. The third kappa shape index (κ3) is 3.82. The van der Waals surface area contributed by atoms with Crippen LogP contribution in [0.4, 0.5) is 0 Å². The van der Waals surface area contributed by atoms with Gasteiger partial charge in [0.25, 0.3) is 0 Å². The van der Waals surface area contributed by atoms with Crippen LogP contribution < -0.4 is 5.32 Å². The highest BCUT2D eigenvalue weighted by Gasteiger charge is 2.32. The van der Waals surface area contributed by atoms with Crippen LogP contribution in [0.2, 0.25) is 0 Å². The summed E-state index contributed by atoms with van der Waals surface area (Å²) in [4.78, 5) is 11.0. The van der Waals surface area contributed by atoms with Crippen LogP contribution in [-0.2, 0) is 4.79 Å². The maximum Gasteiger partial charge on any atom is 0.320 e. The van der Waals surface area contributed by atoms with E-state index in [2.05, 4.69) is 19.2 Å². The predicted octanol–water partition coefficient (Wildman–Crippen LogP) is 2.41. The molecule has 0 amide bonds. The molecule has 0 aromatic carbocycles. The number of hydrogen-bond donors (Lipinski definition) is 2. The molecule has 88 valence electrons. The molecule has 0 heterocycles. The van der Waals surface area contributed by atoms with E-state index in [1.54, 1.807) is 0 Å². The van der Waals surface area contributed by atoms with Crippen molar-refractivity contribution in [3.8, 4) is 0 Å². The Bertz CT molecular complexity index is 226. The number of carboxylic acid groups (broad SMARTS) is 1. The Morgan fingerprint density at radius 1 is 1.60 bits per heavy atom. The Morgan fingerprint density at radius 2 is 2.27 bits per heavy atom. The summed E-state index contributed by atoms with van der Waals surface area (Å²) >= 11 is 0. The number of carboxylic acids is 1. The highest BCUT2D eigenvalue weighted by molar-refractivity contribution is 5.73. The fourth-order valence-electron chi connectivity index (χ4n) is 2.43. The number of hydrogen-bond acceptors (Lipinski definition) is 2. The van der Waals surface area contributed by atoms with Crippen LogP contribution in [0.1, 0.15) is 52.9 Å². The summed E-state index contributed by atoms with van der Waals surface area (Å²) in [5, 5.41) is 12.3. The van der Waals surface area contributed by atoms with Crippen molar-refractivity contribution in [1.29, 1.82) is 0 Å². The number of aliphatic carboxylic acids is 1. The van der Waals surface area contributed by atoms with Gasteiger partial charge in [-0.25, -0.2) is 0 Å². The number of nitrogens with one attached hydrogen (secondary N) is 1. The molecule has 2 N–H and O–H groups in total. The van der Waals surface area contributed by atoms with Gasteiger partial charge in [-0.1, -0.05) is 27.2 Å². The van der Waals surface area contributed by atoms with E-state index in [0.29, 0.717) is 11.5 Å². The van der Waals surface area contributed by atoms with Crippen molar-refractivity contribution < 1.29 is 9.90 Å². The van der Waals surface area contributed by atoms with Crippen LogP contribution in [0.15, 0.2) is 0 Å². The summed E-state index contributed by atoms with van der Waals surface area (Å²) in [5.41, 5.74) is 0.382. The Kier molecular flexibility index (Phi) is 4.14. The fourth-order valence-corrected chi connectivity index (χ4v) is 2.43. The van der Waals surface area contributed by atoms with E-state index in [1.165, 1.54) is 6.42 Å². The summed E-state index contributed by atoms with van der Waals surface area (Å²) in [6, 6.07) is 0.0431. The van der Waals surface area contributed by atoms with Gasteiger partial charge < -0.3 is 10.4 Å². The van der Waals surface area contributed by atoms with Gasteiger partial charge in [0.2, 0.25) is 0 Å². The molecule has 2 atom stereocenters. The fraction of sp³-hybridized carbons (Fsp3) is 0.917. The van der Waals surface area contributed by atoms with Gasteiger partial charge in [-0.3, -0.25) is 4.79 Å². The summed E-state index contributed by atoms with van der Waals surface area (Å²) in [5.74, 6) is -0.707. The van der Waals surface area contributed by atoms with E-state index in [4.69, 9.17) is 5.11 Å². The Hall–Kier alpha value is -0.570. The highest BCUT2D eigenvalue weighted by Crippen LogP contribution is 2.37. The molecule has 0 bridgehead atoms. The zero-order chi connectivity index (χ0) is 11.5. The molecule has 2 unspecified atom stereocenters. The van der Waals surface area contributed by atoms with Crippen molar-refractivity contribution in [2.24, 2.45) is 5.41 Å². The van der Waals surface area contributed by atoms with Crippen LogP contribution in [-0.4, -0.2) is 23.2 Å². The second-order valence-corrected chi connectivity index (χ2v) is 5.45. The van der Waals surface area contributed by atoms with Gasteiger partial charge in [-0.2, -0.15) is 0 Å². The Morgan fingerprint density at radius 3 is 2.67 bits per heavy atom. The molecule has 1 rings (SSSR count). The first-order valence-electron chi connectivity index (χ1n) is 5.93. The first kappa shape index (κ1) is 12.5. The lowest BCUT2D eigenvalue weighted by Gasteiger charge is -2.21. The van der Waals surface area contributed by atoms with Crippen molar-refractivity contribution in [3.05, 3.63) is 0 Å². The SMILES string of the molecule is CCCC(NC1CCC(C)(C)C1)C(=O)O. The minimum atomic E-state index is -0.707. The minimum absolute atomic E-state index is 0.353. The molecule has 0 aromatic heterocycles. The molecule has 0 radical (unpaired) electrons. The third-order valence-electron chi connectivity index (χ3n) is 3.28. The largest absolute Gasteiger partial charge is 0.480 e. The first-order valence-corrected chi connectivity index (χ1v) is 5.93. The standard InChI is InChI=1S/C12H23NO2/c1-4-5-10(11(14)15)13-9-6-7-12(2,3)8-9/h9-10,13H,4-8H2,1-3H3,(H,14,15). The normalized spacial score (nSPS) is 26.5. The molecule has 1 fully saturated rings. The zero-order valence-electron chi connectivity index (χ0n) is 10.0. The van der Waals surface area contributed by atoms with Gasteiger partial charge in [0, 0.05) is 6.04 Å². The molecular weight excluding hydrogens is 190 g/mol. The van der Waals surface area contributed by atoms with Crippen molar-refractivity contribution >= 4 is 5.97 Å². The molecule has 0 spiro atoms. The average Bonchev–Trinajstić information content (AvgIpc) is 2.44. The first-order chi connectivity index (χ1) is 6.94. The average molecular weight is 213 g/mol. The zero-order valence-corrected chi connectivity index (χ0v) is 10.0. The van der Waals surface area contributed by atoms with Crippen LogP contribution in [0, 0.1) is 5.41 Å². The van der Waals surface area contributed by atoms with Crippen LogP contribution in [0.25, 0.3) is 0 Å². The third-order valence-corrected chi connectivity index (χ3v) is 3.28. The number of rotatable bonds is 5. The summed E-state index contributed by atoms with van der Waals surface area (Å²) < 4.78 is 0. The van der Waals surface area contributed by atoms with Crippen molar-refractivity contribution in [2.75, 3.05) is 0 Å². The van der Waals surface area contributed by atoms with Crippen molar-refractivity contribution in [2.45, 2.75) is 65.0 Å². The van der Waals surface area contributed by atoms with Gasteiger partial charge >= 0.3 is 5.97 Å². The topological polar surface area (TPSA) is 49.3 Å². The van der Waals surface area contributed by atoms with Crippen molar-refractivity contribution in [1.82, 2.24) is 5.32 Å². The van der Waals surface area contributed by atoms with E-state index in [-0.39, 0.29) is 6.04 Å². The van der Waals surface area contributed by atoms with E-state index >= 15 is 0 Å². The lowest BCUT2D eigenvalue weighted by atomic mass is 9.91. The molecular formula is C12H23NO2. The van der Waals surface area contributed by atoms with Gasteiger partial charge in [0.15, 0.2) is 0 Å². The predicted molar refractivity (Wildman–Crippen MR) is 60.9 cm³/mol. The lowest BCUT2D eigenvalue weighted by Crippen LogP contribution is -2.42. The van der Waals surface area contributed by atoms with Gasteiger partial charge in [-0.05, 0) is 31.1 Å². The quantitative estimate of drug-likeness (QED) is 0.737. The second kappa shape index (κ2) is 4.97. The molecule has 0 aromatic rings. The van der Waals surface area contributed by atoms with Gasteiger partial charge in [-0.15, -0.1) is 0 Å². The lowest BCUT2D eigenvalue weighted by molar-refractivity contribution is -0.139. The van der Waals surface area contributed by atoms with E-state index in [0.717, 1.165) is 25.7 Å². The minimum Gasteiger partial charge on any atom is -0.480 e. The maximum absolute atomic E-state index is 11.0. The monoisotopic (exact) mass is 213 g/mol. The van der Waals surface area contributed by atoms with Crippen molar-refractivity contribution in [3.63, 3.8) is 0 Å². The van der Waals surface area contributed by atoms with Crippen LogP contribution >= 0.6 is 0 Å². The van der Waals surface area contributed by atoms with Crippen LogP contribution in [0.3, 0.4) is 0 Å². The molecule has 0 saturated heterocycles. The van der Waals surface area contributed by atoms with E-state index in [1.807, 2.05) is 6.92 Å². The second-order valence-electron chi connectivity index (χ2n) is 5.45. The van der Waals surface area contributed by atoms with Crippen LogP contribution in [0.5, 0.6) is 0 Å². The molecule has 15 heavy (non-hydrogen) atoms. The molecule has 3 nitrogen and oxygen atoms in total. The van der Waals surface area contributed by atoms with Gasteiger partial charge in [0.05, 0.1) is 0 Å². The number of carbonyl (C=O) groups is 1. The smallest absolute Gasteiger partial charge is 0.320 e. The molecule has 3 heteroatoms. The summed E-state index contributed by atoms with van der Waals surface area (Å²) in [6.45, 7) is 6.53. The van der Waals surface area contributed by atoms with E-state index in [9.17, 15) is 4.79 Å². The highest BCUT2D eigenvalue weighted by atomic mass is 16.4.